The van der Waals surface area contributed by atoms with E-state index in [1.807, 2.05) is 43.0 Å². The van der Waals surface area contributed by atoms with Gasteiger partial charge in [-0.3, -0.25) is 14.5 Å². The van der Waals surface area contributed by atoms with E-state index in [0.29, 0.717) is 5.56 Å². The summed E-state index contributed by atoms with van der Waals surface area (Å²) >= 11 is 2.02. The maximum Gasteiger partial charge on any atom is 0.220 e. The number of rotatable bonds is 7. The van der Waals surface area contributed by atoms with Gasteiger partial charge in [0.15, 0.2) is 5.78 Å². The second-order valence-electron chi connectivity index (χ2n) is 7.60. The van der Waals surface area contributed by atoms with E-state index in [1.165, 1.54) is 37.2 Å². The number of aryl methyl sites for hydroxylation is 1. The van der Waals surface area contributed by atoms with Gasteiger partial charge in [0.25, 0.3) is 0 Å². The number of Topliss-reactive ketones (excluding diaryl/α,β-unsaturated/α-hetero) is 1. The number of hydrogen-bond donors (Lipinski definition) is 1. The highest BCUT2D eigenvalue weighted by molar-refractivity contribution is 7.99. The van der Waals surface area contributed by atoms with Crippen LogP contribution in [0.4, 0.5) is 0 Å². The minimum Gasteiger partial charge on any atom is -0.354 e. The molecule has 0 radical (unpaired) electrons. The fourth-order valence-electron chi connectivity index (χ4n) is 4.14. The maximum atomic E-state index is 12.3. The topological polar surface area (TPSA) is 49.4 Å². The molecule has 1 saturated heterocycles. The lowest BCUT2D eigenvalue weighted by atomic mass is 9.94. The Labute approximate surface area is 161 Å². The zero-order valence-electron chi connectivity index (χ0n) is 15.8. The molecule has 0 atom stereocenters. The number of benzene rings is 1. The standard InChI is InChI=1S/C21H30N2O2S/c1-17-4-6-18(7-5-17)19(24)8-9-20(25)22-16-21(10-2-3-11-21)23-12-14-26-15-13-23/h4-7H,2-3,8-16H2,1H3,(H,22,25). The van der Waals surface area contributed by atoms with Crippen LogP contribution in [0.5, 0.6) is 0 Å². The van der Waals surface area contributed by atoms with Crippen molar-refractivity contribution in [3.8, 4) is 0 Å². The Morgan fingerprint density at radius 1 is 1.08 bits per heavy atom. The van der Waals surface area contributed by atoms with Crippen molar-refractivity contribution >= 4 is 23.5 Å². The van der Waals surface area contributed by atoms with Crippen LogP contribution in [-0.2, 0) is 4.79 Å². The number of carbonyl (C=O) groups excluding carboxylic acids is 2. The lowest BCUT2D eigenvalue weighted by Crippen LogP contribution is -2.56. The molecule has 142 valence electrons. The van der Waals surface area contributed by atoms with Crippen LogP contribution in [0.3, 0.4) is 0 Å². The lowest BCUT2D eigenvalue weighted by molar-refractivity contribution is -0.121. The summed E-state index contributed by atoms with van der Waals surface area (Å²) in [5.41, 5.74) is 1.98. The first-order valence-corrected chi connectivity index (χ1v) is 10.9. The number of amides is 1. The van der Waals surface area contributed by atoms with E-state index in [0.717, 1.165) is 25.2 Å². The van der Waals surface area contributed by atoms with Gasteiger partial charge < -0.3 is 5.32 Å². The molecular weight excluding hydrogens is 344 g/mol. The first kappa shape index (κ1) is 19.4. The van der Waals surface area contributed by atoms with Crippen molar-refractivity contribution in [2.45, 2.75) is 51.0 Å². The summed E-state index contributed by atoms with van der Waals surface area (Å²) in [4.78, 5) is 27.2. The zero-order valence-corrected chi connectivity index (χ0v) is 16.6. The summed E-state index contributed by atoms with van der Waals surface area (Å²) in [6, 6.07) is 7.57. The number of thioether (sulfide) groups is 1. The van der Waals surface area contributed by atoms with Gasteiger partial charge in [-0.05, 0) is 19.8 Å². The molecule has 1 amide bonds. The average molecular weight is 375 g/mol. The fourth-order valence-corrected chi connectivity index (χ4v) is 5.04. The van der Waals surface area contributed by atoms with Gasteiger partial charge in [0.1, 0.15) is 0 Å². The summed E-state index contributed by atoms with van der Waals surface area (Å²) in [5, 5.41) is 3.14. The molecule has 1 aromatic rings. The molecule has 5 heteroatoms. The Bertz CT molecular complexity index is 617. The third-order valence-electron chi connectivity index (χ3n) is 5.78. The van der Waals surface area contributed by atoms with Gasteiger partial charge >= 0.3 is 0 Å². The van der Waals surface area contributed by atoms with Crippen molar-refractivity contribution in [3.63, 3.8) is 0 Å². The Balaban J connectivity index is 1.48. The van der Waals surface area contributed by atoms with E-state index < -0.39 is 0 Å². The van der Waals surface area contributed by atoms with E-state index in [-0.39, 0.29) is 30.1 Å². The number of nitrogens with zero attached hydrogens (tertiary/aromatic N) is 1. The van der Waals surface area contributed by atoms with Crippen molar-refractivity contribution < 1.29 is 9.59 Å². The summed E-state index contributed by atoms with van der Waals surface area (Å²) in [6.45, 7) is 5.00. The number of ketones is 1. The molecule has 1 heterocycles. The van der Waals surface area contributed by atoms with Crippen LogP contribution in [-0.4, -0.2) is 53.3 Å². The molecule has 1 aliphatic carbocycles. The van der Waals surface area contributed by atoms with Gasteiger partial charge in [-0.15, -0.1) is 0 Å². The monoisotopic (exact) mass is 374 g/mol. The Hall–Kier alpha value is -1.33. The zero-order chi connectivity index (χ0) is 18.4. The molecule has 1 aromatic carbocycles. The van der Waals surface area contributed by atoms with Gasteiger partial charge in [0, 0.05) is 55.1 Å². The highest BCUT2D eigenvalue weighted by atomic mass is 32.2. The van der Waals surface area contributed by atoms with Crippen molar-refractivity contribution in [1.82, 2.24) is 10.2 Å². The largest absolute Gasteiger partial charge is 0.354 e. The van der Waals surface area contributed by atoms with Crippen molar-refractivity contribution in [3.05, 3.63) is 35.4 Å². The third kappa shape index (κ3) is 4.89. The SMILES string of the molecule is Cc1ccc(C(=O)CCC(=O)NCC2(N3CCSCC3)CCCC2)cc1. The van der Waals surface area contributed by atoms with Gasteiger partial charge in [-0.2, -0.15) is 11.8 Å². The van der Waals surface area contributed by atoms with E-state index in [1.54, 1.807) is 0 Å². The number of nitrogens with one attached hydrogen (secondary N) is 1. The van der Waals surface area contributed by atoms with Crippen LogP contribution in [0, 0.1) is 6.92 Å². The Kier molecular flexibility index (Phi) is 6.76. The van der Waals surface area contributed by atoms with E-state index in [2.05, 4.69) is 10.2 Å². The van der Waals surface area contributed by atoms with E-state index in [4.69, 9.17) is 0 Å². The van der Waals surface area contributed by atoms with Crippen molar-refractivity contribution in [2.24, 2.45) is 0 Å². The quantitative estimate of drug-likeness (QED) is 0.743. The fraction of sp³-hybridized carbons (Fsp3) is 0.619. The first-order valence-electron chi connectivity index (χ1n) is 9.78. The average Bonchev–Trinajstić information content (AvgIpc) is 3.16. The summed E-state index contributed by atoms with van der Waals surface area (Å²) in [6.07, 6.45) is 5.43. The van der Waals surface area contributed by atoms with Crippen LogP contribution in [0.1, 0.15) is 54.4 Å². The van der Waals surface area contributed by atoms with Crippen LogP contribution in [0.2, 0.25) is 0 Å². The van der Waals surface area contributed by atoms with Crippen LogP contribution in [0.25, 0.3) is 0 Å². The smallest absolute Gasteiger partial charge is 0.220 e. The molecule has 0 spiro atoms. The number of hydrogen-bond acceptors (Lipinski definition) is 4. The molecule has 1 aliphatic heterocycles. The van der Waals surface area contributed by atoms with Gasteiger partial charge in [-0.25, -0.2) is 0 Å². The molecule has 1 saturated carbocycles. The van der Waals surface area contributed by atoms with Crippen molar-refractivity contribution in [2.75, 3.05) is 31.1 Å². The second-order valence-corrected chi connectivity index (χ2v) is 8.82. The third-order valence-corrected chi connectivity index (χ3v) is 6.73. The molecule has 2 fully saturated rings. The van der Waals surface area contributed by atoms with Gasteiger partial charge in [-0.1, -0.05) is 42.7 Å². The Morgan fingerprint density at radius 3 is 2.38 bits per heavy atom. The van der Waals surface area contributed by atoms with E-state index in [9.17, 15) is 9.59 Å². The highest BCUT2D eigenvalue weighted by Gasteiger charge is 2.40. The minimum atomic E-state index is 0.00289. The number of carbonyl (C=O) groups is 2. The molecule has 26 heavy (non-hydrogen) atoms. The highest BCUT2D eigenvalue weighted by Crippen LogP contribution is 2.36. The molecule has 4 nitrogen and oxygen atoms in total. The van der Waals surface area contributed by atoms with Crippen LogP contribution in [0.15, 0.2) is 24.3 Å². The Morgan fingerprint density at radius 2 is 1.73 bits per heavy atom. The van der Waals surface area contributed by atoms with E-state index >= 15 is 0 Å². The normalized spacial score (nSPS) is 20.0. The predicted molar refractivity (Wildman–Crippen MR) is 108 cm³/mol. The molecule has 2 aliphatic rings. The molecule has 1 N–H and O–H groups in total. The first-order chi connectivity index (χ1) is 12.6. The predicted octanol–water partition coefficient (Wildman–Crippen LogP) is 3.44. The lowest BCUT2D eigenvalue weighted by Gasteiger charge is -2.43. The summed E-state index contributed by atoms with van der Waals surface area (Å²) in [5.74, 6) is 2.44. The maximum absolute atomic E-state index is 12.3. The minimum absolute atomic E-state index is 0.00289. The second kappa shape index (κ2) is 9.05. The van der Waals surface area contributed by atoms with Gasteiger partial charge in [0.2, 0.25) is 5.91 Å². The molecule has 3 rings (SSSR count). The van der Waals surface area contributed by atoms with Crippen molar-refractivity contribution in [1.29, 1.82) is 0 Å². The summed E-state index contributed by atoms with van der Waals surface area (Å²) in [7, 11) is 0. The summed E-state index contributed by atoms with van der Waals surface area (Å²) < 4.78 is 0. The molecule has 0 aromatic heterocycles. The molecule has 0 unspecified atom stereocenters. The molecule has 0 bridgehead atoms. The van der Waals surface area contributed by atoms with Gasteiger partial charge in [0.05, 0.1) is 0 Å². The van der Waals surface area contributed by atoms with Crippen LogP contribution >= 0.6 is 11.8 Å². The van der Waals surface area contributed by atoms with Crippen LogP contribution < -0.4 is 5.32 Å². The molecular formula is C21H30N2O2S.